The third-order valence-electron chi connectivity index (χ3n) is 6.39. The largest absolute Gasteiger partial charge is 0.356 e. The van der Waals surface area contributed by atoms with Crippen LogP contribution in [0, 0.1) is 19.7 Å². The van der Waals surface area contributed by atoms with Crippen LogP contribution < -0.4 is 10.6 Å². The predicted molar refractivity (Wildman–Crippen MR) is 117 cm³/mol. The molecule has 1 atom stereocenters. The van der Waals surface area contributed by atoms with E-state index in [0.717, 1.165) is 37.5 Å². The highest BCUT2D eigenvalue weighted by Crippen LogP contribution is 2.40. The molecule has 0 spiro atoms. The van der Waals surface area contributed by atoms with Gasteiger partial charge in [-0.3, -0.25) is 9.67 Å². The van der Waals surface area contributed by atoms with Gasteiger partial charge in [-0.25, -0.2) is 4.39 Å². The number of nitrogens with zero attached hydrogens (tertiary/aromatic N) is 3. The maximum Gasteiger partial charge on any atom is 0.191 e. The summed E-state index contributed by atoms with van der Waals surface area (Å²) in [7, 11) is 3.79. The lowest BCUT2D eigenvalue weighted by Gasteiger charge is -2.31. The van der Waals surface area contributed by atoms with E-state index in [1.807, 2.05) is 30.9 Å². The van der Waals surface area contributed by atoms with Crippen LogP contribution in [-0.4, -0.2) is 35.4 Å². The molecule has 2 aromatic rings. The number of benzene rings is 1. The van der Waals surface area contributed by atoms with Crippen LogP contribution in [0.25, 0.3) is 0 Å². The normalized spacial score (nSPS) is 17.4. The fourth-order valence-electron chi connectivity index (χ4n) is 4.57. The van der Waals surface area contributed by atoms with Crippen molar-refractivity contribution in [2.75, 3.05) is 13.6 Å². The van der Waals surface area contributed by atoms with Gasteiger partial charge in [0.2, 0.25) is 0 Å². The number of rotatable bonds is 6. The molecule has 1 aliphatic carbocycles. The van der Waals surface area contributed by atoms with Gasteiger partial charge in [-0.15, -0.1) is 0 Å². The fraction of sp³-hybridized carbons (Fsp3) is 0.565. The van der Waals surface area contributed by atoms with Crippen LogP contribution in [0.1, 0.15) is 55.1 Å². The first-order chi connectivity index (χ1) is 13.8. The van der Waals surface area contributed by atoms with Gasteiger partial charge in [-0.2, -0.15) is 5.10 Å². The third kappa shape index (κ3) is 4.80. The highest BCUT2D eigenvalue weighted by atomic mass is 19.1. The van der Waals surface area contributed by atoms with E-state index in [9.17, 15) is 4.39 Å². The Kier molecular flexibility index (Phi) is 6.60. The summed E-state index contributed by atoms with van der Waals surface area (Å²) in [6.45, 7) is 7.15. The van der Waals surface area contributed by atoms with Crippen molar-refractivity contribution < 1.29 is 4.39 Å². The number of halogens is 1. The topological polar surface area (TPSA) is 54.2 Å². The second-order valence-corrected chi connectivity index (χ2v) is 8.44. The molecule has 1 saturated carbocycles. The first kappa shape index (κ1) is 21.3. The summed E-state index contributed by atoms with van der Waals surface area (Å²) in [6, 6.07) is 7.25. The molecule has 0 amide bonds. The van der Waals surface area contributed by atoms with Gasteiger partial charge in [0, 0.05) is 37.8 Å². The Bertz CT molecular complexity index is 847. The van der Waals surface area contributed by atoms with Crippen LogP contribution in [0.4, 0.5) is 4.39 Å². The van der Waals surface area contributed by atoms with E-state index in [1.54, 1.807) is 12.1 Å². The maximum atomic E-state index is 13.4. The number of guanidine groups is 1. The lowest BCUT2D eigenvalue weighted by atomic mass is 9.79. The Balaban J connectivity index is 1.64. The van der Waals surface area contributed by atoms with Gasteiger partial charge in [0.15, 0.2) is 5.96 Å². The van der Waals surface area contributed by atoms with Crippen molar-refractivity contribution in [2.45, 2.75) is 64.3 Å². The highest BCUT2D eigenvalue weighted by Gasteiger charge is 2.35. The monoisotopic (exact) mass is 399 g/mol. The average molecular weight is 400 g/mol. The summed E-state index contributed by atoms with van der Waals surface area (Å²) in [6.07, 6.45) is 5.55. The Morgan fingerprint density at radius 2 is 1.90 bits per heavy atom. The first-order valence-corrected chi connectivity index (χ1v) is 10.6. The standard InChI is InChI=1S/C23H34FN5/c1-16(14-21-17(2)28-29(5)18(21)3)27-22(25-4)26-15-23(12-6-7-13-23)19-8-10-20(24)11-9-19/h8-11,16H,6-7,12-15H2,1-5H3,(H2,25,26,27). The van der Waals surface area contributed by atoms with E-state index in [2.05, 4.69) is 41.5 Å². The summed E-state index contributed by atoms with van der Waals surface area (Å²) < 4.78 is 15.3. The zero-order valence-electron chi connectivity index (χ0n) is 18.3. The number of aryl methyl sites for hydroxylation is 2. The lowest BCUT2D eigenvalue weighted by molar-refractivity contribution is 0.429. The Morgan fingerprint density at radius 3 is 2.45 bits per heavy atom. The lowest BCUT2D eigenvalue weighted by Crippen LogP contribution is -2.47. The number of hydrogen-bond donors (Lipinski definition) is 2. The van der Waals surface area contributed by atoms with Crippen molar-refractivity contribution in [3.05, 3.63) is 52.6 Å². The van der Waals surface area contributed by atoms with Gasteiger partial charge < -0.3 is 10.6 Å². The molecule has 1 fully saturated rings. The molecule has 5 nitrogen and oxygen atoms in total. The van der Waals surface area contributed by atoms with Crippen molar-refractivity contribution in [2.24, 2.45) is 12.0 Å². The Morgan fingerprint density at radius 1 is 1.24 bits per heavy atom. The van der Waals surface area contributed by atoms with Gasteiger partial charge in [-0.05, 0) is 63.3 Å². The zero-order valence-corrected chi connectivity index (χ0v) is 18.3. The average Bonchev–Trinajstić information content (AvgIpc) is 3.27. The molecule has 1 aliphatic rings. The number of nitrogens with one attached hydrogen (secondary N) is 2. The summed E-state index contributed by atoms with van der Waals surface area (Å²) in [5, 5.41) is 11.6. The summed E-state index contributed by atoms with van der Waals surface area (Å²) in [5.74, 6) is 0.632. The van der Waals surface area contributed by atoms with E-state index in [4.69, 9.17) is 0 Å². The van der Waals surface area contributed by atoms with E-state index in [0.29, 0.717) is 0 Å². The molecule has 1 unspecified atom stereocenters. The predicted octanol–water partition coefficient (Wildman–Crippen LogP) is 3.78. The minimum absolute atomic E-state index is 0.0467. The number of aromatic nitrogens is 2. The molecule has 29 heavy (non-hydrogen) atoms. The molecule has 2 N–H and O–H groups in total. The molecule has 158 valence electrons. The second kappa shape index (κ2) is 8.97. The van der Waals surface area contributed by atoms with Gasteiger partial charge in [0.1, 0.15) is 5.82 Å². The second-order valence-electron chi connectivity index (χ2n) is 8.44. The fourth-order valence-corrected chi connectivity index (χ4v) is 4.57. The van der Waals surface area contributed by atoms with Crippen LogP contribution in [0.2, 0.25) is 0 Å². The van der Waals surface area contributed by atoms with Crippen molar-refractivity contribution in [3.8, 4) is 0 Å². The maximum absolute atomic E-state index is 13.4. The Hall–Kier alpha value is -2.37. The van der Waals surface area contributed by atoms with E-state index >= 15 is 0 Å². The quantitative estimate of drug-likeness (QED) is 0.574. The molecule has 0 saturated heterocycles. The van der Waals surface area contributed by atoms with Crippen LogP contribution in [-0.2, 0) is 18.9 Å². The molecule has 6 heteroatoms. The molecule has 0 radical (unpaired) electrons. The zero-order chi connectivity index (χ0) is 21.0. The third-order valence-corrected chi connectivity index (χ3v) is 6.39. The molecule has 1 aromatic heterocycles. The summed E-state index contributed by atoms with van der Waals surface area (Å²) in [5.41, 5.74) is 4.85. The molecular formula is C23H34FN5. The van der Waals surface area contributed by atoms with E-state index in [-0.39, 0.29) is 17.3 Å². The molecule has 1 aromatic carbocycles. The summed E-state index contributed by atoms with van der Waals surface area (Å²) in [4.78, 5) is 4.43. The van der Waals surface area contributed by atoms with Gasteiger partial charge in [0.05, 0.1) is 5.69 Å². The van der Waals surface area contributed by atoms with Gasteiger partial charge in [-0.1, -0.05) is 25.0 Å². The van der Waals surface area contributed by atoms with Crippen molar-refractivity contribution in [3.63, 3.8) is 0 Å². The van der Waals surface area contributed by atoms with Crippen LogP contribution in [0.3, 0.4) is 0 Å². The first-order valence-electron chi connectivity index (χ1n) is 10.6. The van der Waals surface area contributed by atoms with Crippen molar-refractivity contribution in [1.82, 2.24) is 20.4 Å². The van der Waals surface area contributed by atoms with E-state index < -0.39 is 0 Å². The highest BCUT2D eigenvalue weighted by molar-refractivity contribution is 5.80. The summed E-state index contributed by atoms with van der Waals surface area (Å²) >= 11 is 0. The molecule has 0 aliphatic heterocycles. The number of aliphatic imine (C=N–C) groups is 1. The number of hydrogen-bond acceptors (Lipinski definition) is 2. The van der Waals surface area contributed by atoms with E-state index in [1.165, 1.54) is 29.7 Å². The van der Waals surface area contributed by atoms with Crippen LogP contribution in [0.5, 0.6) is 0 Å². The smallest absolute Gasteiger partial charge is 0.191 e. The van der Waals surface area contributed by atoms with Crippen LogP contribution in [0.15, 0.2) is 29.3 Å². The van der Waals surface area contributed by atoms with Gasteiger partial charge >= 0.3 is 0 Å². The minimum Gasteiger partial charge on any atom is -0.356 e. The van der Waals surface area contributed by atoms with Crippen molar-refractivity contribution >= 4 is 5.96 Å². The van der Waals surface area contributed by atoms with Crippen molar-refractivity contribution in [1.29, 1.82) is 0 Å². The van der Waals surface area contributed by atoms with Gasteiger partial charge in [0.25, 0.3) is 0 Å². The van der Waals surface area contributed by atoms with Crippen LogP contribution >= 0.6 is 0 Å². The SMILES string of the molecule is CN=C(NCC1(c2ccc(F)cc2)CCCC1)NC(C)Cc1c(C)nn(C)c1C. The molecule has 0 bridgehead atoms. The molecule has 1 heterocycles. The Labute approximate surface area is 173 Å². The minimum atomic E-state index is -0.179. The molecular weight excluding hydrogens is 365 g/mol. The molecule has 3 rings (SSSR count).